The van der Waals surface area contributed by atoms with E-state index in [9.17, 15) is 13.2 Å². The Morgan fingerprint density at radius 2 is 1.90 bits per heavy atom. The summed E-state index contributed by atoms with van der Waals surface area (Å²) < 4.78 is 40.6. The first-order chi connectivity index (χ1) is 13.8. The Kier molecular flexibility index (Phi) is 4.42. The monoisotopic (exact) mass is 414 g/mol. The first kappa shape index (κ1) is 18.8. The molecule has 0 saturated carbocycles. The highest BCUT2D eigenvalue weighted by molar-refractivity contribution is 7.92. The van der Waals surface area contributed by atoms with Gasteiger partial charge in [-0.15, -0.1) is 0 Å². The van der Waals surface area contributed by atoms with Crippen molar-refractivity contribution < 1.29 is 17.6 Å². The number of sulfonamides is 1. The van der Waals surface area contributed by atoms with Gasteiger partial charge in [0.1, 0.15) is 11.3 Å². The van der Waals surface area contributed by atoms with E-state index in [1.807, 2.05) is 0 Å². The fourth-order valence-corrected chi connectivity index (χ4v) is 4.20. The predicted octanol–water partition coefficient (Wildman–Crippen LogP) is 2.53. The first-order valence-electron chi connectivity index (χ1n) is 8.60. The molecule has 0 spiro atoms. The average Bonchev–Trinajstić information content (AvgIpc) is 3.09. The molecule has 2 aromatic carbocycles. The zero-order valence-electron chi connectivity index (χ0n) is 15.9. The van der Waals surface area contributed by atoms with Crippen molar-refractivity contribution in [1.82, 2.24) is 9.55 Å². The topological polar surface area (TPSA) is 115 Å². The van der Waals surface area contributed by atoms with Gasteiger partial charge < -0.3 is 19.0 Å². The normalized spacial score (nSPS) is 11.7. The summed E-state index contributed by atoms with van der Waals surface area (Å²) in [5.41, 5.74) is 1.40. The number of aryl methyl sites for hydroxylation is 1. The molecule has 0 saturated heterocycles. The van der Waals surface area contributed by atoms with Crippen LogP contribution >= 0.6 is 0 Å². The van der Waals surface area contributed by atoms with Gasteiger partial charge in [0.2, 0.25) is 0 Å². The molecule has 0 atom stereocenters. The molecule has 0 unspecified atom stereocenters. The summed E-state index contributed by atoms with van der Waals surface area (Å²) in [6.07, 6.45) is 1.48. The maximum Gasteiger partial charge on any atom is 0.364 e. The number of aromatic nitrogens is 2. The van der Waals surface area contributed by atoms with Crippen molar-refractivity contribution in [3.8, 4) is 5.75 Å². The number of imidazole rings is 1. The van der Waals surface area contributed by atoms with E-state index in [4.69, 9.17) is 9.15 Å². The second-order valence-corrected chi connectivity index (χ2v) is 8.09. The number of anilines is 2. The van der Waals surface area contributed by atoms with E-state index in [-0.39, 0.29) is 16.0 Å². The number of hydrogen-bond acceptors (Lipinski definition) is 7. The molecule has 29 heavy (non-hydrogen) atoms. The zero-order valence-corrected chi connectivity index (χ0v) is 16.7. The van der Waals surface area contributed by atoms with Crippen LogP contribution in [0.2, 0.25) is 0 Å². The summed E-state index contributed by atoms with van der Waals surface area (Å²) in [5, 5.41) is 3.43. The highest BCUT2D eigenvalue weighted by Gasteiger charge is 2.19. The second-order valence-electron chi connectivity index (χ2n) is 6.41. The minimum absolute atomic E-state index is 0.0233. The molecule has 0 radical (unpaired) electrons. The van der Waals surface area contributed by atoms with Gasteiger partial charge in [-0.05, 0) is 24.3 Å². The van der Waals surface area contributed by atoms with Gasteiger partial charge in [-0.1, -0.05) is 0 Å². The summed E-state index contributed by atoms with van der Waals surface area (Å²) >= 11 is 0. The van der Waals surface area contributed by atoms with Crippen LogP contribution in [0.1, 0.15) is 0 Å². The van der Waals surface area contributed by atoms with Crippen molar-refractivity contribution >= 4 is 43.4 Å². The van der Waals surface area contributed by atoms with E-state index < -0.39 is 15.6 Å². The van der Waals surface area contributed by atoms with Crippen LogP contribution in [0, 0.1) is 0 Å². The quantitative estimate of drug-likeness (QED) is 0.482. The number of fused-ring (bicyclic) bond motifs is 3. The Labute approximate surface area is 166 Å². The fraction of sp³-hybridized carbons (Fsp3) is 0.158. The molecule has 0 aliphatic rings. The molecule has 0 aliphatic carbocycles. The largest absolute Gasteiger partial charge is 0.497 e. The van der Waals surface area contributed by atoms with E-state index in [0.29, 0.717) is 28.0 Å². The highest BCUT2D eigenvalue weighted by Crippen LogP contribution is 2.28. The predicted molar refractivity (Wildman–Crippen MR) is 110 cm³/mol. The molecular formula is C19H18N4O5S. The summed E-state index contributed by atoms with van der Waals surface area (Å²) in [6.45, 7) is 0. The SMILES string of the molecule is CNc1cc(NS(=O)(=O)c2ccc3oc(=O)c4ncn(C)c4c3c2)cc(OC)c1. The fourth-order valence-electron chi connectivity index (χ4n) is 3.13. The van der Waals surface area contributed by atoms with Gasteiger partial charge in [0.05, 0.1) is 29.5 Å². The first-order valence-corrected chi connectivity index (χ1v) is 10.1. The number of rotatable bonds is 5. The number of ether oxygens (including phenoxy) is 1. The second kappa shape index (κ2) is 6.82. The van der Waals surface area contributed by atoms with E-state index in [1.165, 1.54) is 31.6 Å². The molecule has 0 fully saturated rings. The maximum atomic E-state index is 13.0. The van der Waals surface area contributed by atoms with Crippen molar-refractivity contribution in [2.45, 2.75) is 4.90 Å². The number of nitrogens with zero attached hydrogens (tertiary/aromatic N) is 2. The molecule has 150 valence electrons. The lowest BCUT2D eigenvalue weighted by molar-refractivity contribution is 0.415. The Balaban J connectivity index is 1.83. The summed E-state index contributed by atoms with van der Waals surface area (Å²) in [5.74, 6) is 0.506. The van der Waals surface area contributed by atoms with Crippen LogP contribution in [0.3, 0.4) is 0 Å². The van der Waals surface area contributed by atoms with Crippen molar-refractivity contribution in [2.75, 3.05) is 24.2 Å². The van der Waals surface area contributed by atoms with Gasteiger partial charge in [0.15, 0.2) is 5.52 Å². The highest BCUT2D eigenvalue weighted by atomic mass is 32.2. The van der Waals surface area contributed by atoms with Gasteiger partial charge in [-0.25, -0.2) is 18.2 Å². The van der Waals surface area contributed by atoms with E-state index in [2.05, 4.69) is 15.0 Å². The van der Waals surface area contributed by atoms with Gasteiger partial charge in [-0.3, -0.25) is 4.72 Å². The Morgan fingerprint density at radius 1 is 1.14 bits per heavy atom. The standard InChI is InChI=1S/C19H18N4O5S/c1-20-11-6-12(8-13(7-11)27-3)22-29(25,26)14-4-5-16-15(9-14)18-17(19(24)28-16)21-10-23(18)2/h4-10,20,22H,1-3H3. The van der Waals surface area contributed by atoms with Crippen LogP contribution in [0.5, 0.6) is 5.75 Å². The van der Waals surface area contributed by atoms with Crippen LogP contribution in [0.25, 0.3) is 22.0 Å². The number of nitrogens with one attached hydrogen (secondary N) is 2. The van der Waals surface area contributed by atoms with Gasteiger partial charge in [-0.2, -0.15) is 0 Å². The number of methoxy groups -OCH3 is 1. The van der Waals surface area contributed by atoms with Crippen molar-refractivity contribution in [3.05, 3.63) is 53.1 Å². The molecule has 0 bridgehead atoms. The average molecular weight is 414 g/mol. The molecule has 2 N–H and O–H groups in total. The third-order valence-corrected chi connectivity index (χ3v) is 5.91. The zero-order chi connectivity index (χ0) is 20.8. The molecule has 2 heterocycles. The minimum Gasteiger partial charge on any atom is -0.497 e. The van der Waals surface area contributed by atoms with Crippen LogP contribution in [-0.4, -0.2) is 32.1 Å². The number of hydrogen-bond donors (Lipinski definition) is 2. The lowest BCUT2D eigenvalue weighted by atomic mass is 10.2. The van der Waals surface area contributed by atoms with Gasteiger partial charge >= 0.3 is 5.63 Å². The van der Waals surface area contributed by atoms with Crippen molar-refractivity contribution in [2.24, 2.45) is 7.05 Å². The summed E-state index contributed by atoms with van der Waals surface area (Å²) in [6, 6.07) is 9.29. The van der Waals surface area contributed by atoms with Crippen LogP contribution in [-0.2, 0) is 17.1 Å². The van der Waals surface area contributed by atoms with E-state index in [1.54, 1.807) is 36.9 Å². The lowest BCUT2D eigenvalue weighted by Crippen LogP contribution is -2.13. The molecule has 9 nitrogen and oxygen atoms in total. The Morgan fingerprint density at radius 3 is 2.62 bits per heavy atom. The Bertz CT molecular complexity index is 1380. The van der Waals surface area contributed by atoms with E-state index in [0.717, 1.165) is 0 Å². The van der Waals surface area contributed by atoms with E-state index >= 15 is 0 Å². The van der Waals surface area contributed by atoms with Crippen molar-refractivity contribution in [1.29, 1.82) is 0 Å². The molecule has 2 aromatic heterocycles. The van der Waals surface area contributed by atoms with Crippen LogP contribution in [0.4, 0.5) is 11.4 Å². The number of benzene rings is 2. The molecule has 10 heteroatoms. The lowest BCUT2D eigenvalue weighted by Gasteiger charge is -2.12. The van der Waals surface area contributed by atoms with Crippen molar-refractivity contribution in [3.63, 3.8) is 0 Å². The molecule has 0 amide bonds. The molecular weight excluding hydrogens is 396 g/mol. The minimum atomic E-state index is -3.91. The van der Waals surface area contributed by atoms with Gasteiger partial charge in [0, 0.05) is 37.3 Å². The third kappa shape index (κ3) is 3.27. The van der Waals surface area contributed by atoms with Crippen LogP contribution < -0.4 is 20.4 Å². The smallest absolute Gasteiger partial charge is 0.364 e. The van der Waals surface area contributed by atoms with Crippen LogP contribution in [0.15, 0.2) is 56.8 Å². The molecule has 4 rings (SSSR count). The molecule has 0 aliphatic heterocycles. The summed E-state index contributed by atoms with van der Waals surface area (Å²) in [7, 11) is 1.04. The third-order valence-electron chi connectivity index (χ3n) is 4.53. The van der Waals surface area contributed by atoms with Gasteiger partial charge in [0.25, 0.3) is 10.0 Å². The summed E-state index contributed by atoms with van der Waals surface area (Å²) in [4.78, 5) is 16.1. The Hall–Kier alpha value is -3.53. The maximum absolute atomic E-state index is 13.0. The molecule has 4 aromatic rings.